The third kappa shape index (κ3) is 3.01. The molecule has 0 saturated heterocycles. The molecule has 1 aliphatic rings. The number of hydrogen-bond donors (Lipinski definition) is 2. The van der Waals surface area contributed by atoms with Crippen LogP contribution in [0.4, 0.5) is 0 Å². The summed E-state index contributed by atoms with van der Waals surface area (Å²) in [4.78, 5) is 12.7. The Morgan fingerprint density at radius 3 is 2.74 bits per heavy atom. The van der Waals surface area contributed by atoms with Crippen LogP contribution in [0.2, 0.25) is 0 Å². The van der Waals surface area contributed by atoms with E-state index in [-0.39, 0.29) is 11.9 Å². The van der Waals surface area contributed by atoms with Gasteiger partial charge in [0.15, 0.2) is 0 Å². The Morgan fingerprint density at radius 1 is 1.30 bits per heavy atom. The van der Waals surface area contributed by atoms with E-state index in [1.54, 1.807) is 0 Å². The molecule has 2 unspecified atom stereocenters. The summed E-state index contributed by atoms with van der Waals surface area (Å²) in [7, 11) is 0. The molecule has 5 nitrogen and oxygen atoms in total. The van der Waals surface area contributed by atoms with Crippen LogP contribution >= 0.6 is 0 Å². The van der Waals surface area contributed by atoms with Crippen molar-refractivity contribution in [3.05, 3.63) is 47.3 Å². The van der Waals surface area contributed by atoms with Crippen molar-refractivity contribution in [3.63, 3.8) is 0 Å². The lowest BCUT2D eigenvalue weighted by atomic mass is 10.0. The van der Waals surface area contributed by atoms with E-state index in [4.69, 9.17) is 5.73 Å². The van der Waals surface area contributed by atoms with Crippen LogP contribution in [0.15, 0.2) is 30.3 Å². The standard InChI is InChI=1S/C18H24N4O/c1-12-17(18(23)20-16-10-6-7-14(16)11-19)13(2)22(21-12)15-8-4-3-5-9-15/h3-5,8-9,14,16H,6-7,10-11,19H2,1-2H3,(H,20,23). The van der Waals surface area contributed by atoms with Crippen molar-refractivity contribution < 1.29 is 4.79 Å². The highest BCUT2D eigenvalue weighted by molar-refractivity contribution is 5.96. The molecule has 2 atom stereocenters. The lowest BCUT2D eigenvalue weighted by molar-refractivity contribution is 0.0927. The first-order valence-corrected chi connectivity index (χ1v) is 8.24. The maximum Gasteiger partial charge on any atom is 0.255 e. The number of para-hydroxylation sites is 1. The molecule has 1 aliphatic carbocycles. The van der Waals surface area contributed by atoms with Crippen LogP contribution in [0.3, 0.4) is 0 Å². The third-order valence-corrected chi connectivity index (χ3v) is 4.80. The largest absolute Gasteiger partial charge is 0.349 e. The quantitative estimate of drug-likeness (QED) is 0.910. The van der Waals surface area contributed by atoms with Gasteiger partial charge in [0.1, 0.15) is 0 Å². The van der Waals surface area contributed by atoms with Crippen molar-refractivity contribution in [2.75, 3.05) is 6.54 Å². The molecular formula is C18H24N4O. The number of carbonyl (C=O) groups is 1. The first-order valence-electron chi connectivity index (χ1n) is 8.24. The van der Waals surface area contributed by atoms with Crippen molar-refractivity contribution in [3.8, 4) is 5.69 Å². The summed E-state index contributed by atoms with van der Waals surface area (Å²) >= 11 is 0. The summed E-state index contributed by atoms with van der Waals surface area (Å²) in [6.07, 6.45) is 3.25. The van der Waals surface area contributed by atoms with Crippen LogP contribution in [-0.2, 0) is 0 Å². The minimum absolute atomic E-state index is 0.0347. The van der Waals surface area contributed by atoms with Crippen molar-refractivity contribution >= 4 is 5.91 Å². The molecule has 0 radical (unpaired) electrons. The molecule has 2 aromatic rings. The molecule has 1 amide bonds. The predicted molar refractivity (Wildman–Crippen MR) is 90.7 cm³/mol. The van der Waals surface area contributed by atoms with Gasteiger partial charge in [0.05, 0.1) is 22.6 Å². The molecule has 0 spiro atoms. The van der Waals surface area contributed by atoms with E-state index in [2.05, 4.69) is 10.4 Å². The number of amides is 1. The van der Waals surface area contributed by atoms with E-state index < -0.39 is 0 Å². The highest BCUT2D eigenvalue weighted by Crippen LogP contribution is 2.25. The molecule has 23 heavy (non-hydrogen) atoms. The van der Waals surface area contributed by atoms with E-state index in [0.717, 1.165) is 36.3 Å². The fraction of sp³-hybridized carbons (Fsp3) is 0.444. The van der Waals surface area contributed by atoms with Gasteiger partial charge in [0.2, 0.25) is 0 Å². The SMILES string of the molecule is Cc1nn(-c2ccccc2)c(C)c1C(=O)NC1CCCC1CN. The Kier molecular flexibility index (Phi) is 4.48. The normalized spacial score (nSPS) is 20.7. The molecule has 1 heterocycles. The van der Waals surface area contributed by atoms with Crippen LogP contribution in [0.5, 0.6) is 0 Å². The van der Waals surface area contributed by atoms with Gasteiger partial charge in [-0.2, -0.15) is 5.10 Å². The van der Waals surface area contributed by atoms with Crippen molar-refractivity contribution in [1.82, 2.24) is 15.1 Å². The Hall–Kier alpha value is -2.14. The number of carbonyl (C=O) groups excluding carboxylic acids is 1. The van der Waals surface area contributed by atoms with Crippen LogP contribution < -0.4 is 11.1 Å². The fourth-order valence-electron chi connectivity index (χ4n) is 3.54. The number of nitrogens with zero attached hydrogens (tertiary/aromatic N) is 2. The number of aryl methyl sites for hydroxylation is 1. The Bertz CT molecular complexity index is 693. The Morgan fingerprint density at radius 2 is 2.04 bits per heavy atom. The second kappa shape index (κ2) is 6.54. The van der Waals surface area contributed by atoms with Crippen LogP contribution in [0.25, 0.3) is 5.69 Å². The van der Waals surface area contributed by atoms with Gasteiger partial charge < -0.3 is 11.1 Å². The zero-order chi connectivity index (χ0) is 16.4. The third-order valence-electron chi connectivity index (χ3n) is 4.80. The molecule has 0 bridgehead atoms. The monoisotopic (exact) mass is 312 g/mol. The van der Waals surface area contributed by atoms with Crippen molar-refractivity contribution in [2.45, 2.75) is 39.2 Å². The van der Waals surface area contributed by atoms with E-state index in [1.165, 1.54) is 0 Å². The van der Waals surface area contributed by atoms with E-state index in [9.17, 15) is 4.79 Å². The molecule has 1 aromatic carbocycles. The first kappa shape index (κ1) is 15.7. The highest BCUT2D eigenvalue weighted by Gasteiger charge is 2.29. The molecule has 1 saturated carbocycles. The highest BCUT2D eigenvalue weighted by atomic mass is 16.1. The average molecular weight is 312 g/mol. The average Bonchev–Trinajstić information content (AvgIpc) is 3.12. The van der Waals surface area contributed by atoms with Gasteiger partial charge in [-0.25, -0.2) is 4.68 Å². The van der Waals surface area contributed by atoms with Gasteiger partial charge in [-0.05, 0) is 51.3 Å². The molecule has 3 N–H and O–H groups in total. The number of rotatable bonds is 4. The van der Waals surface area contributed by atoms with Gasteiger partial charge in [-0.15, -0.1) is 0 Å². The minimum atomic E-state index is -0.0347. The van der Waals surface area contributed by atoms with Crippen LogP contribution in [0, 0.1) is 19.8 Å². The molecule has 5 heteroatoms. The summed E-state index contributed by atoms with van der Waals surface area (Å²) in [5.41, 5.74) is 9.08. The first-order chi connectivity index (χ1) is 11.1. The van der Waals surface area contributed by atoms with Gasteiger partial charge >= 0.3 is 0 Å². The van der Waals surface area contributed by atoms with E-state index in [1.807, 2.05) is 48.9 Å². The smallest absolute Gasteiger partial charge is 0.255 e. The van der Waals surface area contributed by atoms with Gasteiger partial charge in [-0.3, -0.25) is 4.79 Å². The number of aromatic nitrogens is 2. The summed E-state index contributed by atoms with van der Waals surface area (Å²) in [5, 5.41) is 7.72. The number of hydrogen-bond acceptors (Lipinski definition) is 3. The van der Waals surface area contributed by atoms with Gasteiger partial charge in [-0.1, -0.05) is 24.6 Å². The van der Waals surface area contributed by atoms with Crippen LogP contribution in [-0.4, -0.2) is 28.3 Å². The minimum Gasteiger partial charge on any atom is -0.349 e. The van der Waals surface area contributed by atoms with Gasteiger partial charge in [0, 0.05) is 6.04 Å². The predicted octanol–water partition coefficient (Wildman–Crippen LogP) is 2.35. The summed E-state index contributed by atoms with van der Waals surface area (Å²) < 4.78 is 1.83. The summed E-state index contributed by atoms with van der Waals surface area (Å²) in [5.74, 6) is 0.358. The molecule has 3 rings (SSSR count). The maximum absolute atomic E-state index is 12.7. The lowest BCUT2D eigenvalue weighted by Crippen LogP contribution is -2.40. The molecule has 122 valence electrons. The summed E-state index contributed by atoms with van der Waals surface area (Å²) in [6, 6.07) is 10.1. The second-order valence-electron chi connectivity index (χ2n) is 6.30. The number of nitrogens with one attached hydrogen (secondary N) is 1. The van der Waals surface area contributed by atoms with E-state index in [0.29, 0.717) is 18.0 Å². The number of benzene rings is 1. The van der Waals surface area contributed by atoms with Gasteiger partial charge in [0.25, 0.3) is 5.91 Å². The lowest BCUT2D eigenvalue weighted by Gasteiger charge is -2.19. The zero-order valence-corrected chi connectivity index (χ0v) is 13.7. The molecular weight excluding hydrogens is 288 g/mol. The molecule has 1 fully saturated rings. The maximum atomic E-state index is 12.7. The fourth-order valence-corrected chi connectivity index (χ4v) is 3.54. The Labute approximate surface area is 136 Å². The Balaban J connectivity index is 1.85. The van der Waals surface area contributed by atoms with Crippen molar-refractivity contribution in [1.29, 1.82) is 0 Å². The van der Waals surface area contributed by atoms with Crippen LogP contribution in [0.1, 0.15) is 41.0 Å². The van der Waals surface area contributed by atoms with E-state index >= 15 is 0 Å². The zero-order valence-electron chi connectivity index (χ0n) is 13.7. The molecule has 1 aromatic heterocycles. The topological polar surface area (TPSA) is 72.9 Å². The second-order valence-corrected chi connectivity index (χ2v) is 6.30. The number of nitrogens with two attached hydrogens (primary N) is 1. The molecule has 0 aliphatic heterocycles. The van der Waals surface area contributed by atoms with Crippen molar-refractivity contribution in [2.24, 2.45) is 11.7 Å². The summed E-state index contributed by atoms with van der Waals surface area (Å²) in [6.45, 7) is 4.46.